The van der Waals surface area contributed by atoms with Crippen molar-refractivity contribution < 1.29 is 4.79 Å². The summed E-state index contributed by atoms with van der Waals surface area (Å²) in [5.41, 5.74) is 4.65. The van der Waals surface area contributed by atoms with E-state index in [-0.39, 0.29) is 17.9 Å². The third-order valence-electron chi connectivity index (χ3n) is 4.60. The molecule has 1 amide bonds. The lowest BCUT2D eigenvalue weighted by Gasteiger charge is -2.14. The maximum absolute atomic E-state index is 12.6. The number of aromatic amines is 1. The Balaban J connectivity index is 1.80. The fourth-order valence-electron chi connectivity index (χ4n) is 3.25. The number of pyridine rings is 1. The topological polar surface area (TPSA) is 99.8 Å². The van der Waals surface area contributed by atoms with Crippen LogP contribution in [0.5, 0.6) is 0 Å². The molecule has 0 aliphatic carbocycles. The first-order valence-electron chi connectivity index (χ1n) is 8.79. The minimum Gasteiger partial charge on any atom is -0.338 e. The Morgan fingerprint density at radius 1 is 1.19 bits per heavy atom. The molecule has 1 aromatic carbocycles. The number of H-pyrrole nitrogens is 1. The third-order valence-corrected chi connectivity index (χ3v) is 4.60. The van der Waals surface area contributed by atoms with Crippen LogP contribution in [-0.2, 0) is 17.6 Å². The molecule has 0 atom stereocenters. The highest BCUT2D eigenvalue weighted by atomic mass is 16.2. The van der Waals surface area contributed by atoms with Crippen LogP contribution in [0, 0.1) is 6.92 Å². The molecule has 1 aliphatic heterocycles. The molecule has 0 saturated carbocycles. The van der Waals surface area contributed by atoms with Gasteiger partial charge in [0.1, 0.15) is 18.0 Å². The predicted octanol–water partition coefficient (Wildman–Crippen LogP) is 2.94. The van der Waals surface area contributed by atoms with Gasteiger partial charge in [-0.2, -0.15) is 0 Å². The van der Waals surface area contributed by atoms with Gasteiger partial charge in [-0.1, -0.05) is 36.8 Å². The number of aromatic nitrogens is 3. The maximum atomic E-state index is 12.6. The Kier molecular flexibility index (Phi) is 4.19. The fraction of sp³-hybridized carbons (Fsp3) is 0.200. The number of rotatable bonds is 4. The fourth-order valence-corrected chi connectivity index (χ4v) is 3.25. The van der Waals surface area contributed by atoms with Crippen LogP contribution >= 0.6 is 0 Å². The molecule has 7 heteroatoms. The first-order chi connectivity index (χ1) is 13.0. The highest BCUT2D eigenvalue weighted by Crippen LogP contribution is 2.30. The molecule has 0 radical (unpaired) electrons. The lowest BCUT2D eigenvalue weighted by molar-refractivity contribution is -0.115. The van der Waals surface area contributed by atoms with Gasteiger partial charge >= 0.3 is 0 Å². The molecule has 3 heterocycles. The van der Waals surface area contributed by atoms with E-state index < -0.39 is 0 Å². The third kappa shape index (κ3) is 3.19. The Bertz CT molecular complexity index is 1100. The molecule has 0 spiro atoms. The average Bonchev–Trinajstić information content (AvgIpc) is 3.04. The minimum atomic E-state index is -0.132. The number of nitrogens with zero attached hydrogens (tertiary/aromatic N) is 2. The number of carbonyl (C=O) groups is 1. The summed E-state index contributed by atoms with van der Waals surface area (Å²) in [5, 5.41) is 6.00. The molecule has 0 bridgehead atoms. The van der Waals surface area contributed by atoms with Gasteiger partial charge < -0.3 is 15.6 Å². The van der Waals surface area contributed by atoms with Crippen molar-refractivity contribution in [2.45, 2.75) is 26.7 Å². The van der Waals surface area contributed by atoms with Crippen molar-refractivity contribution in [1.29, 1.82) is 0 Å². The molecule has 27 heavy (non-hydrogen) atoms. The van der Waals surface area contributed by atoms with Gasteiger partial charge in [-0.05, 0) is 25.0 Å². The van der Waals surface area contributed by atoms with Crippen molar-refractivity contribution in [2.75, 3.05) is 10.6 Å². The molecular weight excluding hydrogens is 342 g/mol. The highest BCUT2D eigenvalue weighted by molar-refractivity contribution is 5.99. The van der Waals surface area contributed by atoms with E-state index in [2.05, 4.69) is 25.6 Å². The zero-order valence-corrected chi connectivity index (χ0v) is 15.1. The molecule has 4 rings (SSSR count). The summed E-state index contributed by atoms with van der Waals surface area (Å²) in [6.45, 7) is 3.96. The number of nitrogens with one attached hydrogen (secondary N) is 3. The van der Waals surface area contributed by atoms with Crippen molar-refractivity contribution in [2.24, 2.45) is 0 Å². The summed E-state index contributed by atoms with van der Waals surface area (Å²) in [7, 11) is 0. The average molecular weight is 361 g/mol. The van der Waals surface area contributed by atoms with E-state index in [0.29, 0.717) is 23.6 Å². The Morgan fingerprint density at radius 3 is 2.81 bits per heavy atom. The summed E-state index contributed by atoms with van der Waals surface area (Å²) in [6.07, 6.45) is 2.29. The standard InChI is InChI=1S/C20H19N5O2/c1-3-15-16(23-18-14-9-17(26)25-19(14)22-10-21-18)8-13(20(27)24-15)12-6-4-5-11(2)7-12/h4-8,10H,3,9H2,1-2H3,(H,24,27)(H2,21,22,23,25,26). The zero-order chi connectivity index (χ0) is 19.0. The molecule has 7 nitrogen and oxygen atoms in total. The number of aryl methyl sites for hydroxylation is 2. The molecular formula is C20H19N5O2. The van der Waals surface area contributed by atoms with E-state index in [1.807, 2.05) is 44.2 Å². The Hall–Kier alpha value is -3.48. The van der Waals surface area contributed by atoms with Gasteiger partial charge in [0, 0.05) is 16.8 Å². The van der Waals surface area contributed by atoms with E-state index in [9.17, 15) is 9.59 Å². The largest absolute Gasteiger partial charge is 0.338 e. The zero-order valence-electron chi connectivity index (χ0n) is 15.1. The summed E-state index contributed by atoms with van der Waals surface area (Å²) >= 11 is 0. The van der Waals surface area contributed by atoms with Crippen molar-refractivity contribution in [1.82, 2.24) is 15.0 Å². The van der Waals surface area contributed by atoms with Gasteiger partial charge in [0.05, 0.1) is 12.1 Å². The summed E-state index contributed by atoms with van der Waals surface area (Å²) in [5.74, 6) is 0.986. The summed E-state index contributed by atoms with van der Waals surface area (Å²) < 4.78 is 0. The second-order valence-electron chi connectivity index (χ2n) is 6.53. The smallest absolute Gasteiger partial charge is 0.256 e. The predicted molar refractivity (Wildman–Crippen MR) is 104 cm³/mol. The van der Waals surface area contributed by atoms with E-state index >= 15 is 0 Å². The van der Waals surface area contributed by atoms with Crippen molar-refractivity contribution >= 4 is 23.2 Å². The molecule has 2 aromatic heterocycles. The molecule has 0 fully saturated rings. The van der Waals surface area contributed by atoms with Crippen LogP contribution in [0.25, 0.3) is 11.1 Å². The molecule has 0 unspecified atom stereocenters. The van der Waals surface area contributed by atoms with Crippen molar-refractivity contribution in [3.63, 3.8) is 0 Å². The SMILES string of the molecule is CCc1[nH]c(=O)c(-c2cccc(C)c2)cc1Nc1ncnc2c1CC(=O)N2. The lowest BCUT2D eigenvalue weighted by Crippen LogP contribution is -2.14. The molecule has 0 saturated heterocycles. The lowest BCUT2D eigenvalue weighted by atomic mass is 10.0. The summed E-state index contributed by atoms with van der Waals surface area (Å²) in [6, 6.07) is 9.65. The molecule has 136 valence electrons. The van der Waals surface area contributed by atoms with Crippen LogP contribution in [0.4, 0.5) is 17.3 Å². The first kappa shape index (κ1) is 17.0. The van der Waals surface area contributed by atoms with E-state index in [0.717, 1.165) is 28.1 Å². The van der Waals surface area contributed by atoms with E-state index in [1.54, 1.807) is 0 Å². The van der Waals surface area contributed by atoms with Crippen LogP contribution < -0.4 is 16.2 Å². The minimum absolute atomic E-state index is 0.105. The van der Waals surface area contributed by atoms with Crippen LogP contribution in [-0.4, -0.2) is 20.9 Å². The van der Waals surface area contributed by atoms with Gasteiger partial charge in [0.25, 0.3) is 5.56 Å². The van der Waals surface area contributed by atoms with E-state index in [4.69, 9.17) is 0 Å². The van der Waals surface area contributed by atoms with Gasteiger partial charge in [-0.15, -0.1) is 0 Å². The molecule has 3 aromatic rings. The second-order valence-corrected chi connectivity index (χ2v) is 6.53. The molecule has 1 aliphatic rings. The van der Waals surface area contributed by atoms with Crippen molar-refractivity contribution in [3.05, 3.63) is 63.8 Å². The number of anilines is 3. The number of amides is 1. The monoisotopic (exact) mass is 361 g/mol. The van der Waals surface area contributed by atoms with Crippen LogP contribution in [0.2, 0.25) is 0 Å². The Morgan fingerprint density at radius 2 is 2.04 bits per heavy atom. The van der Waals surface area contributed by atoms with E-state index in [1.165, 1.54) is 6.33 Å². The Labute approximate surface area is 155 Å². The number of fused-ring (bicyclic) bond motifs is 1. The van der Waals surface area contributed by atoms with Crippen LogP contribution in [0.15, 0.2) is 41.5 Å². The van der Waals surface area contributed by atoms with Crippen molar-refractivity contribution in [3.8, 4) is 11.1 Å². The maximum Gasteiger partial charge on any atom is 0.256 e. The molecule has 3 N–H and O–H groups in total. The number of hydrogen-bond acceptors (Lipinski definition) is 5. The number of benzene rings is 1. The van der Waals surface area contributed by atoms with Gasteiger partial charge in [-0.25, -0.2) is 9.97 Å². The van der Waals surface area contributed by atoms with Crippen LogP contribution in [0.3, 0.4) is 0 Å². The highest BCUT2D eigenvalue weighted by Gasteiger charge is 2.23. The van der Waals surface area contributed by atoms with Gasteiger partial charge in [-0.3, -0.25) is 9.59 Å². The first-order valence-corrected chi connectivity index (χ1v) is 8.79. The normalized spacial score (nSPS) is 12.6. The van der Waals surface area contributed by atoms with Gasteiger partial charge in [0.15, 0.2) is 0 Å². The number of carbonyl (C=O) groups excluding carboxylic acids is 1. The quantitative estimate of drug-likeness (QED) is 0.663. The van der Waals surface area contributed by atoms with Gasteiger partial charge in [0.2, 0.25) is 5.91 Å². The number of hydrogen-bond donors (Lipinski definition) is 3. The van der Waals surface area contributed by atoms with Crippen LogP contribution in [0.1, 0.15) is 23.7 Å². The summed E-state index contributed by atoms with van der Waals surface area (Å²) in [4.78, 5) is 35.6. The second kappa shape index (κ2) is 6.68.